The molecule has 1 aromatic rings. The van der Waals surface area contributed by atoms with Gasteiger partial charge in [0.2, 0.25) is 0 Å². The maximum atomic E-state index is 12.3. The van der Waals surface area contributed by atoms with Crippen LogP contribution in [0.3, 0.4) is 0 Å². The second-order valence-electron chi connectivity index (χ2n) is 4.90. The summed E-state index contributed by atoms with van der Waals surface area (Å²) in [5, 5.41) is 0.583. The Morgan fingerprint density at radius 1 is 1.42 bits per heavy atom. The van der Waals surface area contributed by atoms with Gasteiger partial charge in [-0.15, -0.1) is 0 Å². The quantitative estimate of drug-likeness (QED) is 0.836. The third-order valence-electron chi connectivity index (χ3n) is 3.46. The average Bonchev–Trinajstić information content (AvgIpc) is 2.91. The number of carbonyl (C=O) groups excluding carboxylic acids is 1. The van der Waals surface area contributed by atoms with Crippen molar-refractivity contribution >= 4 is 33.4 Å². The Bertz CT molecular complexity index is 461. The van der Waals surface area contributed by atoms with Gasteiger partial charge < -0.3 is 9.80 Å². The van der Waals surface area contributed by atoms with Gasteiger partial charge in [0.05, 0.1) is 5.56 Å². The molecule has 3 nitrogen and oxygen atoms in total. The summed E-state index contributed by atoms with van der Waals surface area (Å²) in [5.41, 5.74) is 0.622. The molecule has 104 valence electrons. The number of likely N-dealkylation sites (N-methyl/N-ethyl adjacent to an activating group) is 1. The minimum Gasteiger partial charge on any atom is -0.340 e. The van der Waals surface area contributed by atoms with E-state index in [0.29, 0.717) is 10.6 Å². The molecule has 0 aromatic heterocycles. The summed E-state index contributed by atoms with van der Waals surface area (Å²) >= 11 is 9.35. The molecular weight excluding hydrogens is 328 g/mol. The highest BCUT2D eigenvalue weighted by atomic mass is 79.9. The van der Waals surface area contributed by atoms with Crippen molar-refractivity contribution in [1.29, 1.82) is 0 Å². The Morgan fingerprint density at radius 3 is 2.79 bits per heavy atom. The number of hydrogen-bond acceptors (Lipinski definition) is 2. The molecule has 5 heteroatoms. The van der Waals surface area contributed by atoms with Gasteiger partial charge in [0.15, 0.2) is 0 Å². The van der Waals surface area contributed by atoms with Gasteiger partial charge in [0.1, 0.15) is 0 Å². The van der Waals surface area contributed by atoms with Gasteiger partial charge in [-0.25, -0.2) is 0 Å². The molecule has 0 atom stereocenters. The van der Waals surface area contributed by atoms with Crippen molar-refractivity contribution in [3.8, 4) is 0 Å². The number of nitrogens with zero attached hydrogens (tertiary/aromatic N) is 2. The largest absolute Gasteiger partial charge is 0.340 e. The van der Waals surface area contributed by atoms with Gasteiger partial charge in [-0.05, 0) is 60.1 Å². The predicted octanol–water partition coefficient (Wildman–Crippen LogP) is 3.27. The fourth-order valence-electron chi connectivity index (χ4n) is 2.27. The fourth-order valence-corrected chi connectivity index (χ4v) is 2.85. The molecule has 0 N–H and O–H groups in total. The molecule has 1 aromatic carbocycles. The topological polar surface area (TPSA) is 23.6 Å². The number of hydrogen-bond donors (Lipinski definition) is 0. The van der Waals surface area contributed by atoms with Crippen molar-refractivity contribution in [3.05, 3.63) is 33.3 Å². The van der Waals surface area contributed by atoms with E-state index in [4.69, 9.17) is 11.6 Å². The summed E-state index contributed by atoms with van der Waals surface area (Å²) in [4.78, 5) is 16.5. The van der Waals surface area contributed by atoms with Crippen LogP contribution in [0.1, 0.15) is 23.2 Å². The maximum absolute atomic E-state index is 12.3. The van der Waals surface area contributed by atoms with Crippen molar-refractivity contribution in [1.82, 2.24) is 9.80 Å². The predicted molar refractivity (Wildman–Crippen MR) is 81.8 cm³/mol. The van der Waals surface area contributed by atoms with E-state index >= 15 is 0 Å². The maximum Gasteiger partial charge on any atom is 0.254 e. The standard InChI is InChI=1S/C14H18BrClN2O/c1-17(8-9-18-6-2-3-7-18)14(19)12-10-11(16)4-5-13(12)15/h4-5,10H,2-3,6-9H2,1H3. The number of halogens is 2. The Balaban J connectivity index is 1.95. The summed E-state index contributed by atoms with van der Waals surface area (Å²) in [6.45, 7) is 4.00. The summed E-state index contributed by atoms with van der Waals surface area (Å²) in [5.74, 6) is 0.00794. The van der Waals surface area contributed by atoms with Crippen LogP contribution in [0.2, 0.25) is 5.02 Å². The van der Waals surface area contributed by atoms with Crippen LogP contribution in [-0.4, -0.2) is 48.9 Å². The summed E-state index contributed by atoms with van der Waals surface area (Å²) in [6, 6.07) is 5.29. The van der Waals surface area contributed by atoms with E-state index in [-0.39, 0.29) is 5.91 Å². The first-order valence-electron chi connectivity index (χ1n) is 6.51. The second-order valence-corrected chi connectivity index (χ2v) is 6.19. The fraction of sp³-hybridized carbons (Fsp3) is 0.500. The number of likely N-dealkylation sites (tertiary alicyclic amines) is 1. The summed E-state index contributed by atoms with van der Waals surface area (Å²) in [6.07, 6.45) is 2.55. The first-order valence-corrected chi connectivity index (χ1v) is 7.68. The molecule has 0 bridgehead atoms. The van der Waals surface area contributed by atoms with Crippen LogP contribution in [-0.2, 0) is 0 Å². The van der Waals surface area contributed by atoms with Crippen LogP contribution in [0.25, 0.3) is 0 Å². The van der Waals surface area contributed by atoms with Crippen LogP contribution in [0.15, 0.2) is 22.7 Å². The number of amides is 1. The van der Waals surface area contributed by atoms with E-state index in [9.17, 15) is 4.79 Å². The molecule has 1 saturated heterocycles. The Kier molecular flexibility index (Phi) is 5.25. The molecule has 0 spiro atoms. The minimum atomic E-state index is 0.00794. The van der Waals surface area contributed by atoms with Crippen molar-refractivity contribution < 1.29 is 4.79 Å². The number of rotatable bonds is 4. The highest BCUT2D eigenvalue weighted by Gasteiger charge is 2.17. The van der Waals surface area contributed by atoms with E-state index in [0.717, 1.165) is 30.7 Å². The molecule has 1 aliphatic heterocycles. The van der Waals surface area contributed by atoms with Crippen molar-refractivity contribution in [2.45, 2.75) is 12.8 Å². The lowest BCUT2D eigenvalue weighted by atomic mass is 10.2. The van der Waals surface area contributed by atoms with E-state index in [1.165, 1.54) is 12.8 Å². The van der Waals surface area contributed by atoms with Crippen LogP contribution < -0.4 is 0 Å². The third kappa shape index (κ3) is 3.94. The molecule has 1 fully saturated rings. The lowest BCUT2D eigenvalue weighted by Gasteiger charge is -2.22. The SMILES string of the molecule is CN(CCN1CCCC1)C(=O)c1cc(Cl)ccc1Br. The smallest absolute Gasteiger partial charge is 0.254 e. The summed E-state index contributed by atoms with van der Waals surface area (Å²) < 4.78 is 0.787. The molecular formula is C14H18BrClN2O. The molecule has 1 amide bonds. The van der Waals surface area contributed by atoms with Gasteiger partial charge in [-0.2, -0.15) is 0 Å². The Morgan fingerprint density at radius 2 is 2.11 bits per heavy atom. The zero-order chi connectivity index (χ0) is 13.8. The van der Waals surface area contributed by atoms with E-state index < -0.39 is 0 Å². The highest BCUT2D eigenvalue weighted by molar-refractivity contribution is 9.10. The lowest BCUT2D eigenvalue weighted by Crippen LogP contribution is -2.35. The minimum absolute atomic E-state index is 0.00794. The van der Waals surface area contributed by atoms with Gasteiger partial charge in [0.25, 0.3) is 5.91 Å². The van der Waals surface area contributed by atoms with Gasteiger partial charge >= 0.3 is 0 Å². The molecule has 0 unspecified atom stereocenters. The second kappa shape index (κ2) is 6.73. The molecule has 0 aliphatic carbocycles. The van der Waals surface area contributed by atoms with Gasteiger partial charge in [0, 0.05) is 29.6 Å². The zero-order valence-electron chi connectivity index (χ0n) is 11.0. The lowest BCUT2D eigenvalue weighted by molar-refractivity contribution is 0.0781. The molecule has 19 heavy (non-hydrogen) atoms. The normalized spacial score (nSPS) is 15.7. The van der Waals surface area contributed by atoms with Crippen LogP contribution in [0.5, 0.6) is 0 Å². The van der Waals surface area contributed by atoms with Crippen molar-refractivity contribution in [3.63, 3.8) is 0 Å². The average molecular weight is 346 g/mol. The van der Waals surface area contributed by atoms with Gasteiger partial charge in [-0.3, -0.25) is 4.79 Å². The van der Waals surface area contributed by atoms with E-state index in [2.05, 4.69) is 20.8 Å². The van der Waals surface area contributed by atoms with Crippen molar-refractivity contribution in [2.75, 3.05) is 33.2 Å². The molecule has 0 radical (unpaired) electrons. The third-order valence-corrected chi connectivity index (χ3v) is 4.38. The number of benzene rings is 1. The van der Waals surface area contributed by atoms with E-state index in [1.807, 2.05) is 13.1 Å². The van der Waals surface area contributed by atoms with E-state index in [1.54, 1.807) is 17.0 Å². The molecule has 1 heterocycles. The van der Waals surface area contributed by atoms with Crippen LogP contribution in [0.4, 0.5) is 0 Å². The highest BCUT2D eigenvalue weighted by Crippen LogP contribution is 2.22. The van der Waals surface area contributed by atoms with Crippen LogP contribution >= 0.6 is 27.5 Å². The monoisotopic (exact) mass is 344 g/mol. The van der Waals surface area contributed by atoms with Crippen molar-refractivity contribution in [2.24, 2.45) is 0 Å². The Labute approximate surface area is 127 Å². The molecule has 0 saturated carbocycles. The zero-order valence-corrected chi connectivity index (χ0v) is 13.4. The molecule has 2 rings (SSSR count). The first-order chi connectivity index (χ1) is 9.08. The Hall–Kier alpha value is -0.580. The van der Waals surface area contributed by atoms with Crippen LogP contribution in [0, 0.1) is 0 Å². The molecule has 1 aliphatic rings. The number of carbonyl (C=O) groups is 1. The summed E-state index contributed by atoms with van der Waals surface area (Å²) in [7, 11) is 1.84. The first kappa shape index (κ1) is 14.8. The van der Waals surface area contributed by atoms with Gasteiger partial charge in [-0.1, -0.05) is 11.6 Å².